The Kier molecular flexibility index (Phi) is 4.21. The molecule has 0 fully saturated rings. The van der Waals surface area contributed by atoms with Gasteiger partial charge in [-0.2, -0.15) is 0 Å². The third kappa shape index (κ3) is 4.25. The molecule has 0 radical (unpaired) electrons. The van der Waals surface area contributed by atoms with E-state index in [0.717, 1.165) is 5.56 Å². The number of nitrogens with two attached hydrogens (primary N) is 1. The molecule has 82 valence electrons. The van der Waals surface area contributed by atoms with Crippen LogP contribution in [0.3, 0.4) is 0 Å². The molecular weight excluding hydrogens is 229 g/mol. The molecule has 0 saturated carbocycles. The van der Waals surface area contributed by atoms with E-state index in [0.29, 0.717) is 0 Å². The highest BCUT2D eigenvalue weighted by Gasteiger charge is 2.23. The molecule has 15 heavy (non-hydrogen) atoms. The molecule has 0 aromatic heterocycles. The second-order valence-corrected chi connectivity index (χ2v) is 5.52. The molecule has 0 heterocycles. The van der Waals surface area contributed by atoms with E-state index < -0.39 is 4.33 Å². The highest BCUT2D eigenvalue weighted by Crippen LogP contribution is 2.24. The molecule has 1 atom stereocenters. The first-order valence-corrected chi connectivity index (χ1v) is 5.53. The maximum atomic E-state index is 5.86. The fraction of sp³-hybridized carbons (Fsp3) is 0.333. The Morgan fingerprint density at radius 2 is 1.80 bits per heavy atom. The van der Waals surface area contributed by atoms with Crippen molar-refractivity contribution in [1.82, 2.24) is 0 Å². The molecule has 1 aromatic carbocycles. The van der Waals surface area contributed by atoms with Crippen LogP contribution in [0.15, 0.2) is 30.3 Å². The summed E-state index contributed by atoms with van der Waals surface area (Å²) in [5.74, 6) is 0. The van der Waals surface area contributed by atoms with Crippen molar-refractivity contribution in [2.75, 3.05) is 0 Å². The summed E-state index contributed by atoms with van der Waals surface area (Å²) in [6.45, 7) is 3.73. The Morgan fingerprint density at radius 1 is 1.27 bits per heavy atom. The lowest BCUT2D eigenvalue weighted by atomic mass is 10.1. The third-order valence-corrected chi connectivity index (χ3v) is 2.66. The van der Waals surface area contributed by atoms with Crippen LogP contribution in [-0.2, 0) is 0 Å². The Bertz CT molecular complexity index is 336. The SMILES string of the molecule is Cc1ccc(/C=C/C(N)C(C)(Cl)Cl)cc1. The van der Waals surface area contributed by atoms with E-state index in [9.17, 15) is 0 Å². The van der Waals surface area contributed by atoms with Crippen molar-refractivity contribution in [3.05, 3.63) is 41.5 Å². The molecule has 2 N–H and O–H groups in total. The first-order valence-electron chi connectivity index (χ1n) is 4.78. The second-order valence-electron chi connectivity index (χ2n) is 3.75. The molecule has 0 aliphatic rings. The van der Waals surface area contributed by atoms with Crippen LogP contribution in [0.4, 0.5) is 0 Å². The number of rotatable bonds is 3. The number of alkyl halides is 2. The van der Waals surface area contributed by atoms with Crippen LogP contribution >= 0.6 is 23.2 Å². The zero-order valence-electron chi connectivity index (χ0n) is 8.87. The van der Waals surface area contributed by atoms with Gasteiger partial charge in [0.15, 0.2) is 0 Å². The predicted molar refractivity (Wildman–Crippen MR) is 68.3 cm³/mol. The van der Waals surface area contributed by atoms with Gasteiger partial charge in [0.1, 0.15) is 4.33 Å². The van der Waals surface area contributed by atoms with Gasteiger partial charge in [0.2, 0.25) is 0 Å². The van der Waals surface area contributed by atoms with Gasteiger partial charge >= 0.3 is 0 Å². The van der Waals surface area contributed by atoms with E-state index in [1.807, 2.05) is 43.3 Å². The Morgan fingerprint density at radius 3 is 2.27 bits per heavy atom. The van der Waals surface area contributed by atoms with E-state index in [4.69, 9.17) is 28.9 Å². The first kappa shape index (κ1) is 12.6. The van der Waals surface area contributed by atoms with Gasteiger partial charge in [0, 0.05) is 0 Å². The topological polar surface area (TPSA) is 26.0 Å². The summed E-state index contributed by atoms with van der Waals surface area (Å²) in [4.78, 5) is 0. The number of benzene rings is 1. The van der Waals surface area contributed by atoms with Crippen LogP contribution in [0.25, 0.3) is 6.08 Å². The van der Waals surface area contributed by atoms with Crippen molar-refractivity contribution in [2.45, 2.75) is 24.2 Å². The highest BCUT2D eigenvalue weighted by molar-refractivity contribution is 6.48. The van der Waals surface area contributed by atoms with Gasteiger partial charge in [0.05, 0.1) is 6.04 Å². The normalized spacial score (nSPS) is 14.5. The van der Waals surface area contributed by atoms with E-state index in [1.165, 1.54) is 5.56 Å². The lowest BCUT2D eigenvalue weighted by Crippen LogP contribution is -2.34. The van der Waals surface area contributed by atoms with Gasteiger partial charge in [-0.25, -0.2) is 0 Å². The van der Waals surface area contributed by atoms with Gasteiger partial charge in [0.25, 0.3) is 0 Å². The predicted octanol–water partition coefficient (Wildman–Crippen LogP) is 3.53. The van der Waals surface area contributed by atoms with Crippen molar-refractivity contribution < 1.29 is 0 Å². The lowest BCUT2D eigenvalue weighted by Gasteiger charge is -2.18. The highest BCUT2D eigenvalue weighted by atomic mass is 35.5. The summed E-state index contributed by atoms with van der Waals surface area (Å²) >= 11 is 11.7. The molecule has 1 unspecified atom stereocenters. The van der Waals surface area contributed by atoms with E-state index in [-0.39, 0.29) is 6.04 Å². The average molecular weight is 244 g/mol. The summed E-state index contributed by atoms with van der Waals surface area (Å²) in [6.07, 6.45) is 3.73. The minimum atomic E-state index is -0.929. The Balaban J connectivity index is 2.70. The maximum absolute atomic E-state index is 5.86. The summed E-state index contributed by atoms with van der Waals surface area (Å²) in [7, 11) is 0. The zero-order chi connectivity index (χ0) is 11.5. The van der Waals surface area contributed by atoms with Gasteiger partial charge in [-0.05, 0) is 19.4 Å². The molecule has 0 amide bonds. The van der Waals surface area contributed by atoms with Gasteiger partial charge < -0.3 is 5.73 Å². The molecule has 1 aromatic rings. The smallest absolute Gasteiger partial charge is 0.134 e. The van der Waals surface area contributed by atoms with E-state index in [1.54, 1.807) is 6.92 Å². The zero-order valence-corrected chi connectivity index (χ0v) is 10.4. The van der Waals surface area contributed by atoms with Gasteiger partial charge in [-0.15, -0.1) is 0 Å². The second kappa shape index (κ2) is 5.02. The van der Waals surface area contributed by atoms with Crippen LogP contribution in [0.1, 0.15) is 18.1 Å². The molecule has 0 aliphatic heterocycles. The third-order valence-electron chi connectivity index (χ3n) is 2.16. The molecule has 1 nitrogen and oxygen atoms in total. The molecular formula is C12H15Cl2N. The Hall–Kier alpha value is -0.500. The minimum Gasteiger partial charge on any atom is -0.322 e. The van der Waals surface area contributed by atoms with Crippen LogP contribution in [0.5, 0.6) is 0 Å². The van der Waals surface area contributed by atoms with Crippen LogP contribution in [0.2, 0.25) is 0 Å². The van der Waals surface area contributed by atoms with Crippen molar-refractivity contribution in [1.29, 1.82) is 0 Å². The van der Waals surface area contributed by atoms with Crippen LogP contribution in [0, 0.1) is 6.92 Å². The van der Waals surface area contributed by atoms with E-state index >= 15 is 0 Å². The van der Waals surface area contributed by atoms with Crippen molar-refractivity contribution in [3.8, 4) is 0 Å². The van der Waals surface area contributed by atoms with Gasteiger partial charge in [-0.1, -0.05) is 65.2 Å². The number of aryl methyl sites for hydroxylation is 1. The molecule has 1 rings (SSSR count). The fourth-order valence-electron chi connectivity index (χ4n) is 1.06. The monoisotopic (exact) mass is 243 g/mol. The van der Waals surface area contributed by atoms with Crippen LogP contribution < -0.4 is 5.73 Å². The average Bonchev–Trinajstić information content (AvgIpc) is 2.15. The van der Waals surface area contributed by atoms with Gasteiger partial charge in [-0.3, -0.25) is 0 Å². The molecule has 0 aliphatic carbocycles. The number of hydrogen-bond donors (Lipinski definition) is 1. The molecule has 3 heteroatoms. The quantitative estimate of drug-likeness (QED) is 0.808. The number of hydrogen-bond acceptors (Lipinski definition) is 1. The summed E-state index contributed by atoms with van der Waals surface area (Å²) in [5, 5.41) is 0. The van der Waals surface area contributed by atoms with E-state index in [2.05, 4.69) is 0 Å². The lowest BCUT2D eigenvalue weighted by molar-refractivity contribution is 0.735. The molecule has 0 saturated heterocycles. The maximum Gasteiger partial charge on any atom is 0.134 e. The summed E-state index contributed by atoms with van der Waals surface area (Å²) in [6, 6.07) is 7.77. The largest absolute Gasteiger partial charge is 0.322 e. The standard InChI is InChI=1S/C12H15Cl2N/c1-9-3-5-10(6-4-9)7-8-11(15)12(2,13)14/h3-8,11H,15H2,1-2H3/b8-7+. The Labute approximate surface area is 101 Å². The first-order chi connectivity index (χ1) is 6.89. The summed E-state index contributed by atoms with van der Waals surface area (Å²) < 4.78 is -0.929. The molecule has 0 bridgehead atoms. The van der Waals surface area contributed by atoms with Crippen molar-refractivity contribution in [2.24, 2.45) is 5.73 Å². The van der Waals surface area contributed by atoms with Crippen molar-refractivity contribution in [3.63, 3.8) is 0 Å². The number of halogens is 2. The van der Waals surface area contributed by atoms with Crippen LogP contribution in [-0.4, -0.2) is 10.4 Å². The van der Waals surface area contributed by atoms with Crippen molar-refractivity contribution >= 4 is 29.3 Å². The minimum absolute atomic E-state index is 0.373. The fourth-order valence-corrected chi connectivity index (χ4v) is 1.21. The molecule has 0 spiro atoms. The summed E-state index contributed by atoms with van der Waals surface area (Å²) in [5.41, 5.74) is 8.10.